The minimum Gasteiger partial charge on any atom is -0.308 e. The van der Waals surface area contributed by atoms with Gasteiger partial charge in [0.25, 0.3) is 10.0 Å². The Balaban J connectivity index is 1.33. The van der Waals surface area contributed by atoms with Gasteiger partial charge in [-0.15, -0.1) is 0 Å². The molecule has 0 atom stereocenters. The third kappa shape index (κ3) is 4.70. The van der Waals surface area contributed by atoms with Crippen LogP contribution in [0, 0.1) is 6.92 Å². The predicted molar refractivity (Wildman–Crippen MR) is 138 cm³/mol. The van der Waals surface area contributed by atoms with Crippen molar-refractivity contribution in [3.8, 4) is 0 Å². The lowest BCUT2D eigenvalue weighted by Crippen LogP contribution is -2.19. The number of fused-ring (bicyclic) bond motifs is 2. The van der Waals surface area contributed by atoms with Crippen molar-refractivity contribution in [1.29, 1.82) is 0 Å². The van der Waals surface area contributed by atoms with Crippen LogP contribution in [0.25, 0.3) is 21.0 Å². The zero-order valence-electron chi connectivity index (χ0n) is 18.1. The first-order valence-corrected chi connectivity index (χ1v) is 12.7. The van der Waals surface area contributed by atoms with E-state index in [0.717, 1.165) is 21.0 Å². The van der Waals surface area contributed by atoms with Crippen molar-refractivity contribution in [2.75, 3.05) is 15.4 Å². The lowest BCUT2D eigenvalue weighted by Gasteiger charge is -2.08. The number of nitrogens with zero attached hydrogens (tertiary/aromatic N) is 1. The summed E-state index contributed by atoms with van der Waals surface area (Å²) in [5.74, 6) is 0. The number of carbonyl (C=O) groups is 1. The molecule has 170 valence electrons. The van der Waals surface area contributed by atoms with Crippen LogP contribution in [0.1, 0.15) is 5.56 Å². The van der Waals surface area contributed by atoms with E-state index in [1.807, 2.05) is 55.5 Å². The van der Waals surface area contributed by atoms with Gasteiger partial charge in [-0.1, -0.05) is 53.8 Å². The maximum Gasteiger partial charge on any atom is 0.323 e. The lowest BCUT2D eigenvalue weighted by molar-refractivity contribution is 0.262. The van der Waals surface area contributed by atoms with E-state index in [1.165, 1.54) is 11.3 Å². The van der Waals surface area contributed by atoms with Gasteiger partial charge in [-0.25, -0.2) is 18.2 Å². The number of rotatable bonds is 5. The third-order valence-corrected chi connectivity index (χ3v) is 7.57. The topological polar surface area (TPSA) is 100 Å². The molecular formula is C25H20N4O3S2. The SMILES string of the molecule is Cc1cccc(NC(=O)Nc2ccc3nc(NS(=O)(=O)c4ccc5ccccc5c4)sc3c2)c1. The number of aryl methyl sites for hydroxylation is 1. The van der Waals surface area contributed by atoms with Crippen LogP contribution in [0.4, 0.5) is 21.3 Å². The molecule has 0 saturated heterocycles. The minimum atomic E-state index is -3.80. The molecule has 0 unspecified atom stereocenters. The molecule has 1 heterocycles. The molecule has 0 spiro atoms. The number of hydrogen-bond acceptors (Lipinski definition) is 5. The van der Waals surface area contributed by atoms with Crippen LogP contribution in [0.3, 0.4) is 0 Å². The van der Waals surface area contributed by atoms with E-state index in [4.69, 9.17) is 0 Å². The highest BCUT2D eigenvalue weighted by Gasteiger charge is 2.17. The van der Waals surface area contributed by atoms with Crippen molar-refractivity contribution in [1.82, 2.24) is 4.98 Å². The molecule has 2 amide bonds. The van der Waals surface area contributed by atoms with Gasteiger partial charge in [0, 0.05) is 11.4 Å². The fourth-order valence-corrected chi connectivity index (χ4v) is 5.75. The van der Waals surface area contributed by atoms with E-state index in [1.54, 1.807) is 36.4 Å². The number of amides is 2. The Labute approximate surface area is 200 Å². The second-order valence-corrected chi connectivity index (χ2v) is 10.5. The Morgan fingerprint density at radius 1 is 0.824 bits per heavy atom. The molecule has 5 aromatic rings. The number of urea groups is 1. The molecule has 0 aliphatic rings. The van der Waals surface area contributed by atoms with Gasteiger partial charge < -0.3 is 10.6 Å². The van der Waals surface area contributed by atoms with Crippen LogP contribution >= 0.6 is 11.3 Å². The lowest BCUT2D eigenvalue weighted by atomic mass is 10.1. The van der Waals surface area contributed by atoms with Crippen LogP contribution in [-0.4, -0.2) is 19.4 Å². The zero-order valence-corrected chi connectivity index (χ0v) is 19.7. The standard InChI is InChI=1S/C25H20N4O3S2/c1-16-5-4-8-19(13-16)26-24(30)27-20-10-12-22-23(15-20)33-25(28-22)29-34(31,32)21-11-9-17-6-2-3-7-18(17)14-21/h2-15H,1H3,(H,28,29)(H2,26,27,30). The number of carbonyl (C=O) groups excluding carboxylic acids is 1. The largest absolute Gasteiger partial charge is 0.323 e. The number of aromatic nitrogens is 1. The van der Waals surface area contributed by atoms with Gasteiger partial charge in [0.2, 0.25) is 0 Å². The Bertz CT molecular complexity index is 1640. The quantitative estimate of drug-likeness (QED) is 0.274. The first-order chi connectivity index (χ1) is 16.4. The summed E-state index contributed by atoms with van der Waals surface area (Å²) in [6, 6.07) is 24.9. The van der Waals surface area contributed by atoms with Crippen LogP contribution in [0.2, 0.25) is 0 Å². The molecule has 0 fully saturated rings. The highest BCUT2D eigenvalue weighted by Crippen LogP contribution is 2.30. The van der Waals surface area contributed by atoms with E-state index in [0.29, 0.717) is 16.9 Å². The summed E-state index contributed by atoms with van der Waals surface area (Å²) in [7, 11) is -3.80. The molecule has 0 aliphatic carbocycles. The van der Waals surface area contributed by atoms with Crippen LogP contribution < -0.4 is 15.4 Å². The normalized spacial score (nSPS) is 11.4. The Morgan fingerprint density at radius 2 is 1.59 bits per heavy atom. The number of thiazole rings is 1. The molecule has 0 bridgehead atoms. The van der Waals surface area contributed by atoms with Gasteiger partial charge >= 0.3 is 6.03 Å². The van der Waals surface area contributed by atoms with E-state index in [2.05, 4.69) is 20.3 Å². The van der Waals surface area contributed by atoms with Crippen molar-refractivity contribution in [3.05, 3.63) is 90.5 Å². The maximum atomic E-state index is 12.9. The molecule has 3 N–H and O–H groups in total. The average molecular weight is 489 g/mol. The smallest absolute Gasteiger partial charge is 0.308 e. The number of nitrogens with one attached hydrogen (secondary N) is 3. The first kappa shape index (κ1) is 21.9. The molecule has 0 aliphatic heterocycles. The molecule has 7 nitrogen and oxygen atoms in total. The van der Waals surface area contributed by atoms with Gasteiger partial charge in [-0.3, -0.25) is 4.72 Å². The molecule has 9 heteroatoms. The third-order valence-electron chi connectivity index (χ3n) is 5.18. The fraction of sp³-hybridized carbons (Fsp3) is 0.0400. The van der Waals surface area contributed by atoms with E-state index >= 15 is 0 Å². The van der Waals surface area contributed by atoms with Gasteiger partial charge in [0.15, 0.2) is 5.13 Å². The van der Waals surface area contributed by atoms with Gasteiger partial charge in [0.05, 0.1) is 15.1 Å². The maximum absolute atomic E-state index is 12.9. The monoisotopic (exact) mass is 488 g/mol. The van der Waals surface area contributed by atoms with E-state index in [-0.39, 0.29) is 16.1 Å². The van der Waals surface area contributed by atoms with Crippen LogP contribution in [-0.2, 0) is 10.0 Å². The zero-order chi connectivity index (χ0) is 23.7. The molecule has 4 aromatic carbocycles. The summed E-state index contributed by atoms with van der Waals surface area (Å²) in [6.07, 6.45) is 0. The number of sulfonamides is 1. The van der Waals surface area contributed by atoms with Crippen molar-refractivity contribution in [3.63, 3.8) is 0 Å². The first-order valence-electron chi connectivity index (χ1n) is 10.4. The summed E-state index contributed by atoms with van der Waals surface area (Å²) in [6.45, 7) is 1.95. The second kappa shape index (κ2) is 8.77. The van der Waals surface area contributed by atoms with Crippen LogP contribution in [0.5, 0.6) is 0 Å². The molecule has 5 rings (SSSR count). The predicted octanol–water partition coefficient (Wildman–Crippen LogP) is 6.20. The molecule has 0 radical (unpaired) electrons. The Kier molecular flexibility index (Phi) is 5.64. The molecule has 34 heavy (non-hydrogen) atoms. The summed E-state index contributed by atoms with van der Waals surface area (Å²) in [4.78, 5) is 16.9. The number of benzene rings is 4. The highest BCUT2D eigenvalue weighted by atomic mass is 32.2. The van der Waals surface area contributed by atoms with Gasteiger partial charge in [0.1, 0.15) is 0 Å². The van der Waals surface area contributed by atoms with Crippen molar-refractivity contribution >= 4 is 64.9 Å². The van der Waals surface area contributed by atoms with E-state index in [9.17, 15) is 13.2 Å². The van der Waals surface area contributed by atoms with Gasteiger partial charge in [-0.05, 0) is 65.7 Å². The average Bonchev–Trinajstić information content (AvgIpc) is 3.19. The summed E-state index contributed by atoms with van der Waals surface area (Å²) in [5.41, 5.74) is 2.94. The van der Waals surface area contributed by atoms with E-state index < -0.39 is 10.0 Å². The van der Waals surface area contributed by atoms with Crippen molar-refractivity contribution in [2.45, 2.75) is 11.8 Å². The summed E-state index contributed by atoms with van der Waals surface area (Å²) >= 11 is 1.20. The van der Waals surface area contributed by atoms with Gasteiger partial charge in [-0.2, -0.15) is 0 Å². The highest BCUT2D eigenvalue weighted by molar-refractivity contribution is 7.93. The molecule has 1 aromatic heterocycles. The summed E-state index contributed by atoms with van der Waals surface area (Å²) < 4.78 is 29.2. The molecular weight excluding hydrogens is 468 g/mol. The molecule has 0 saturated carbocycles. The summed E-state index contributed by atoms with van der Waals surface area (Å²) in [5, 5.41) is 7.65. The Morgan fingerprint density at radius 3 is 2.38 bits per heavy atom. The fourth-order valence-electron chi connectivity index (χ4n) is 3.57. The second-order valence-electron chi connectivity index (χ2n) is 7.76. The number of hydrogen-bond donors (Lipinski definition) is 3. The van der Waals surface area contributed by atoms with Crippen LogP contribution in [0.15, 0.2) is 89.8 Å². The van der Waals surface area contributed by atoms with Crippen molar-refractivity contribution < 1.29 is 13.2 Å². The minimum absolute atomic E-state index is 0.167. The number of anilines is 3. The Hall–Kier alpha value is -3.95. The van der Waals surface area contributed by atoms with Crippen molar-refractivity contribution in [2.24, 2.45) is 0 Å².